The van der Waals surface area contributed by atoms with Gasteiger partial charge < -0.3 is 5.32 Å². The topological polar surface area (TPSA) is 52.9 Å². The number of hydrogen-bond donors (Lipinski definition) is 1. The first-order valence-electron chi connectivity index (χ1n) is 4.47. The third kappa shape index (κ3) is 2.91. The molecule has 1 aromatic carbocycles. The molecule has 1 unspecified atom stereocenters. The first-order valence-corrected chi connectivity index (χ1v) is 4.47. The molecule has 0 saturated heterocycles. The summed E-state index contributed by atoms with van der Waals surface area (Å²) in [6.07, 6.45) is 0.249. The molecule has 3 nitrogen and oxygen atoms in total. The zero-order valence-corrected chi connectivity index (χ0v) is 8.03. The quantitative estimate of drug-likeness (QED) is 0.790. The largest absolute Gasteiger partial charge is 0.326 e. The summed E-state index contributed by atoms with van der Waals surface area (Å²) in [6.45, 7) is 1.74. The molecule has 0 saturated carbocycles. The molecule has 1 amide bonds. The first kappa shape index (κ1) is 10.3. The van der Waals surface area contributed by atoms with Crippen molar-refractivity contribution in [1.82, 2.24) is 0 Å². The molecule has 0 spiro atoms. The fourth-order valence-corrected chi connectivity index (χ4v) is 1.02. The van der Waals surface area contributed by atoms with Crippen LogP contribution in [0.15, 0.2) is 30.3 Å². The lowest BCUT2D eigenvalue weighted by atomic mass is 10.1. The van der Waals surface area contributed by atoms with E-state index in [9.17, 15) is 4.79 Å². The van der Waals surface area contributed by atoms with E-state index in [2.05, 4.69) is 5.32 Å². The van der Waals surface area contributed by atoms with Gasteiger partial charge in [-0.3, -0.25) is 4.79 Å². The molecule has 14 heavy (non-hydrogen) atoms. The number of nitrogens with one attached hydrogen (secondary N) is 1. The highest BCUT2D eigenvalue weighted by Crippen LogP contribution is 2.09. The van der Waals surface area contributed by atoms with Crippen LogP contribution in [0.5, 0.6) is 0 Å². The van der Waals surface area contributed by atoms with Gasteiger partial charge in [0.25, 0.3) is 0 Å². The second-order valence-corrected chi connectivity index (χ2v) is 3.12. The summed E-state index contributed by atoms with van der Waals surface area (Å²) in [4.78, 5) is 11.4. The highest BCUT2D eigenvalue weighted by atomic mass is 16.1. The highest BCUT2D eigenvalue weighted by Gasteiger charge is 2.11. The number of nitriles is 1. The van der Waals surface area contributed by atoms with Crippen molar-refractivity contribution >= 4 is 11.6 Å². The van der Waals surface area contributed by atoms with Crippen LogP contribution in [0.4, 0.5) is 5.69 Å². The van der Waals surface area contributed by atoms with Crippen molar-refractivity contribution in [2.75, 3.05) is 5.32 Å². The lowest BCUT2D eigenvalue weighted by molar-refractivity contribution is -0.119. The van der Waals surface area contributed by atoms with Gasteiger partial charge in [0.2, 0.25) is 5.91 Å². The Kier molecular flexibility index (Phi) is 3.69. The summed E-state index contributed by atoms with van der Waals surface area (Å²) in [5.74, 6) is -0.377. The number of rotatable bonds is 3. The van der Waals surface area contributed by atoms with Crippen molar-refractivity contribution < 1.29 is 4.79 Å². The number of amides is 1. The molecule has 1 N–H and O–H groups in total. The average molecular weight is 188 g/mol. The number of hydrogen-bond acceptors (Lipinski definition) is 2. The number of carbonyl (C=O) groups excluding carboxylic acids is 1. The van der Waals surface area contributed by atoms with Crippen LogP contribution in [0, 0.1) is 17.2 Å². The standard InChI is InChI=1S/C11H12N2O/c1-9(7-8-12)11(14)13-10-5-3-2-4-6-10/h2-6,9H,7H2,1H3,(H,13,14). The van der Waals surface area contributed by atoms with E-state index in [1.165, 1.54) is 0 Å². The lowest BCUT2D eigenvalue weighted by Gasteiger charge is -2.08. The van der Waals surface area contributed by atoms with Gasteiger partial charge in [0.1, 0.15) is 0 Å². The predicted molar refractivity (Wildman–Crippen MR) is 54.5 cm³/mol. The first-order chi connectivity index (χ1) is 6.74. The molecule has 0 aliphatic rings. The molecule has 0 fully saturated rings. The van der Waals surface area contributed by atoms with Crippen molar-refractivity contribution in [3.8, 4) is 6.07 Å². The summed E-state index contributed by atoms with van der Waals surface area (Å²) >= 11 is 0. The molecule has 72 valence electrons. The van der Waals surface area contributed by atoms with Gasteiger partial charge in [-0.25, -0.2) is 0 Å². The summed E-state index contributed by atoms with van der Waals surface area (Å²) < 4.78 is 0. The minimum Gasteiger partial charge on any atom is -0.326 e. The monoisotopic (exact) mass is 188 g/mol. The van der Waals surface area contributed by atoms with Gasteiger partial charge in [-0.1, -0.05) is 25.1 Å². The number of para-hydroxylation sites is 1. The van der Waals surface area contributed by atoms with Crippen LogP contribution in [0.3, 0.4) is 0 Å². The molecule has 0 aliphatic heterocycles. The van der Waals surface area contributed by atoms with Gasteiger partial charge in [-0.15, -0.1) is 0 Å². The third-order valence-electron chi connectivity index (χ3n) is 1.89. The summed E-state index contributed by atoms with van der Waals surface area (Å²) in [5, 5.41) is 11.2. The Morgan fingerprint density at radius 3 is 2.71 bits per heavy atom. The molecular weight excluding hydrogens is 176 g/mol. The molecule has 0 aliphatic carbocycles. The van der Waals surface area contributed by atoms with Gasteiger partial charge in [-0.2, -0.15) is 5.26 Å². The zero-order chi connectivity index (χ0) is 10.4. The van der Waals surface area contributed by atoms with Gasteiger partial charge in [-0.05, 0) is 12.1 Å². The SMILES string of the molecule is CC(CC#N)C(=O)Nc1ccccc1. The number of nitrogens with zero attached hydrogens (tertiary/aromatic N) is 1. The van der Waals surface area contributed by atoms with E-state index in [1.54, 1.807) is 6.92 Å². The van der Waals surface area contributed by atoms with E-state index in [1.807, 2.05) is 36.4 Å². The van der Waals surface area contributed by atoms with Gasteiger partial charge in [0, 0.05) is 18.0 Å². The summed E-state index contributed by atoms with van der Waals surface area (Å²) in [6, 6.07) is 11.2. The Labute approximate surface area is 83.4 Å². The molecule has 1 aromatic rings. The maximum atomic E-state index is 11.4. The van der Waals surface area contributed by atoms with Crippen LogP contribution < -0.4 is 5.32 Å². The normalized spacial score (nSPS) is 11.4. The van der Waals surface area contributed by atoms with Gasteiger partial charge >= 0.3 is 0 Å². The smallest absolute Gasteiger partial charge is 0.228 e. The Morgan fingerprint density at radius 1 is 1.50 bits per heavy atom. The molecule has 0 aromatic heterocycles. The van der Waals surface area contributed by atoms with Gasteiger partial charge in [0.15, 0.2) is 0 Å². The minimum atomic E-state index is -0.264. The molecule has 0 heterocycles. The second kappa shape index (κ2) is 5.03. The van der Waals surface area contributed by atoms with Gasteiger partial charge in [0.05, 0.1) is 6.07 Å². The third-order valence-corrected chi connectivity index (χ3v) is 1.89. The fourth-order valence-electron chi connectivity index (χ4n) is 1.02. The maximum Gasteiger partial charge on any atom is 0.228 e. The number of anilines is 1. The average Bonchev–Trinajstić information content (AvgIpc) is 2.19. The van der Waals surface area contributed by atoms with Crippen molar-refractivity contribution in [1.29, 1.82) is 5.26 Å². The van der Waals surface area contributed by atoms with E-state index in [4.69, 9.17) is 5.26 Å². The summed E-state index contributed by atoms with van der Waals surface area (Å²) in [7, 11) is 0. The van der Waals surface area contributed by atoms with Crippen molar-refractivity contribution in [3.05, 3.63) is 30.3 Å². The Balaban J connectivity index is 2.54. The second-order valence-electron chi connectivity index (χ2n) is 3.12. The zero-order valence-electron chi connectivity index (χ0n) is 8.03. The number of carbonyl (C=O) groups is 1. The fraction of sp³-hybridized carbons (Fsp3) is 0.273. The lowest BCUT2D eigenvalue weighted by Crippen LogP contribution is -2.19. The molecule has 3 heteroatoms. The van der Waals surface area contributed by atoms with E-state index in [0.29, 0.717) is 0 Å². The van der Waals surface area contributed by atoms with Crippen LogP contribution in [-0.2, 0) is 4.79 Å². The molecule has 0 radical (unpaired) electrons. The van der Waals surface area contributed by atoms with Crippen molar-refractivity contribution in [2.45, 2.75) is 13.3 Å². The van der Waals surface area contributed by atoms with Crippen LogP contribution in [-0.4, -0.2) is 5.91 Å². The predicted octanol–water partition coefficient (Wildman–Crippen LogP) is 2.17. The van der Waals surface area contributed by atoms with E-state index in [-0.39, 0.29) is 18.2 Å². The highest BCUT2D eigenvalue weighted by molar-refractivity contribution is 5.92. The van der Waals surface area contributed by atoms with E-state index < -0.39 is 0 Å². The van der Waals surface area contributed by atoms with Crippen LogP contribution in [0.1, 0.15) is 13.3 Å². The van der Waals surface area contributed by atoms with E-state index >= 15 is 0 Å². The Morgan fingerprint density at radius 2 is 2.14 bits per heavy atom. The van der Waals surface area contributed by atoms with E-state index in [0.717, 1.165) is 5.69 Å². The molecule has 1 atom stereocenters. The minimum absolute atomic E-state index is 0.113. The van der Waals surface area contributed by atoms with Crippen LogP contribution >= 0.6 is 0 Å². The maximum absolute atomic E-state index is 11.4. The molecular formula is C11H12N2O. The Hall–Kier alpha value is -1.82. The molecule has 1 rings (SSSR count). The Bertz CT molecular complexity index is 340. The van der Waals surface area contributed by atoms with Crippen molar-refractivity contribution in [2.24, 2.45) is 5.92 Å². The van der Waals surface area contributed by atoms with Crippen molar-refractivity contribution in [3.63, 3.8) is 0 Å². The van der Waals surface area contributed by atoms with Crippen LogP contribution in [0.2, 0.25) is 0 Å². The number of benzene rings is 1. The molecule has 0 bridgehead atoms. The van der Waals surface area contributed by atoms with Crippen LogP contribution in [0.25, 0.3) is 0 Å². The summed E-state index contributed by atoms with van der Waals surface area (Å²) in [5.41, 5.74) is 0.766.